The molecule has 3 amide bonds. The van der Waals surface area contributed by atoms with Crippen molar-refractivity contribution in [2.45, 2.75) is 26.8 Å². The number of fused-ring (bicyclic) bond motifs is 1. The first-order valence-corrected chi connectivity index (χ1v) is 11.5. The van der Waals surface area contributed by atoms with Crippen LogP contribution in [0.3, 0.4) is 0 Å². The van der Waals surface area contributed by atoms with Crippen molar-refractivity contribution < 1.29 is 14.4 Å². The Morgan fingerprint density at radius 3 is 2.72 bits per heavy atom. The van der Waals surface area contributed by atoms with Gasteiger partial charge in [0.1, 0.15) is 6.54 Å². The zero-order chi connectivity index (χ0) is 22.8. The fraction of sp³-hybridized carbons (Fsp3) is 0.208. The number of nitrogens with zero attached hydrogens (tertiary/aromatic N) is 2. The number of hydrogen-bond donors (Lipinski definition) is 1. The molecule has 32 heavy (non-hydrogen) atoms. The number of hydrogen-bond acceptors (Lipinski definition) is 4. The molecule has 1 saturated heterocycles. The van der Waals surface area contributed by atoms with Gasteiger partial charge < -0.3 is 9.88 Å². The van der Waals surface area contributed by atoms with Crippen molar-refractivity contribution in [3.8, 4) is 0 Å². The van der Waals surface area contributed by atoms with E-state index in [0.29, 0.717) is 15.6 Å². The van der Waals surface area contributed by atoms with Crippen LogP contribution in [0.2, 0.25) is 5.02 Å². The number of imide groups is 1. The number of para-hydroxylation sites is 1. The predicted molar refractivity (Wildman–Crippen MR) is 130 cm³/mol. The molecule has 164 valence electrons. The van der Waals surface area contributed by atoms with E-state index in [-0.39, 0.29) is 6.54 Å². The lowest BCUT2D eigenvalue weighted by Gasteiger charge is -2.12. The maximum atomic E-state index is 12.9. The van der Waals surface area contributed by atoms with E-state index < -0.39 is 17.1 Å². The van der Waals surface area contributed by atoms with E-state index in [4.69, 9.17) is 11.6 Å². The molecule has 0 unspecified atom stereocenters. The van der Waals surface area contributed by atoms with Gasteiger partial charge >= 0.3 is 0 Å². The summed E-state index contributed by atoms with van der Waals surface area (Å²) in [5.41, 5.74) is 3.35. The Labute approximate surface area is 195 Å². The summed E-state index contributed by atoms with van der Waals surface area (Å²) in [6.07, 6.45) is 4.71. The molecule has 1 aliphatic heterocycles. The summed E-state index contributed by atoms with van der Waals surface area (Å²) in [7, 11) is 0. The second-order valence-corrected chi connectivity index (χ2v) is 8.98. The standard InChI is InChI=1S/C24H22ClN3O3S/c1-3-10-27-13-16(18-6-4-5-7-20(18)27)11-21-23(30)28(24(31)32-21)14-22(29)26-17-9-8-15(2)19(25)12-17/h4-9,11-13H,3,10,14H2,1-2H3,(H,26,29)/b21-11-. The predicted octanol–water partition coefficient (Wildman–Crippen LogP) is 5.69. The van der Waals surface area contributed by atoms with Crippen molar-refractivity contribution in [3.63, 3.8) is 0 Å². The number of halogens is 1. The number of carbonyl (C=O) groups excluding carboxylic acids is 3. The smallest absolute Gasteiger partial charge is 0.294 e. The molecule has 8 heteroatoms. The van der Waals surface area contributed by atoms with Gasteiger partial charge in [-0.25, -0.2) is 0 Å². The first-order chi connectivity index (χ1) is 15.4. The number of anilines is 1. The summed E-state index contributed by atoms with van der Waals surface area (Å²) in [4.78, 5) is 39.1. The van der Waals surface area contributed by atoms with Gasteiger partial charge in [0.25, 0.3) is 11.1 Å². The Bertz CT molecular complexity index is 1260. The molecule has 4 rings (SSSR count). The van der Waals surface area contributed by atoms with Crippen LogP contribution < -0.4 is 5.32 Å². The van der Waals surface area contributed by atoms with Gasteiger partial charge in [0.15, 0.2) is 0 Å². The minimum absolute atomic E-state index is 0.306. The molecule has 0 aliphatic carbocycles. The van der Waals surface area contributed by atoms with E-state index in [9.17, 15) is 14.4 Å². The van der Waals surface area contributed by atoms with Gasteiger partial charge in [-0.2, -0.15) is 0 Å². The third-order valence-electron chi connectivity index (χ3n) is 5.20. The summed E-state index contributed by atoms with van der Waals surface area (Å²) in [5.74, 6) is -0.933. The number of benzene rings is 2. The summed E-state index contributed by atoms with van der Waals surface area (Å²) in [6.45, 7) is 4.47. The molecular weight excluding hydrogens is 446 g/mol. The highest BCUT2D eigenvalue weighted by Crippen LogP contribution is 2.34. The lowest BCUT2D eigenvalue weighted by molar-refractivity contribution is -0.127. The van der Waals surface area contributed by atoms with Crippen LogP contribution in [0.25, 0.3) is 17.0 Å². The highest BCUT2D eigenvalue weighted by Gasteiger charge is 2.36. The molecule has 6 nitrogen and oxygen atoms in total. The monoisotopic (exact) mass is 467 g/mol. The third kappa shape index (κ3) is 4.45. The van der Waals surface area contributed by atoms with Crippen molar-refractivity contribution in [3.05, 3.63) is 69.7 Å². The molecule has 1 aliphatic rings. The van der Waals surface area contributed by atoms with Gasteiger partial charge in [-0.1, -0.05) is 42.8 Å². The van der Waals surface area contributed by atoms with E-state index in [0.717, 1.165) is 51.7 Å². The average Bonchev–Trinajstić information content (AvgIpc) is 3.23. The van der Waals surface area contributed by atoms with Crippen molar-refractivity contribution in [2.75, 3.05) is 11.9 Å². The summed E-state index contributed by atoms with van der Waals surface area (Å²) in [6, 6.07) is 13.1. The Morgan fingerprint density at radius 2 is 1.97 bits per heavy atom. The van der Waals surface area contributed by atoms with Crippen LogP contribution >= 0.6 is 23.4 Å². The Balaban J connectivity index is 1.53. The normalized spacial score (nSPS) is 15.2. The van der Waals surface area contributed by atoms with Gasteiger partial charge in [-0.05, 0) is 54.9 Å². The zero-order valence-electron chi connectivity index (χ0n) is 17.7. The van der Waals surface area contributed by atoms with Gasteiger partial charge in [0.05, 0.1) is 4.91 Å². The topological polar surface area (TPSA) is 71.4 Å². The number of nitrogens with one attached hydrogen (secondary N) is 1. The second kappa shape index (κ2) is 9.22. The van der Waals surface area contributed by atoms with Crippen LogP contribution in [0.1, 0.15) is 24.5 Å². The Morgan fingerprint density at radius 1 is 1.19 bits per heavy atom. The van der Waals surface area contributed by atoms with Crippen LogP contribution in [-0.2, 0) is 16.1 Å². The quantitative estimate of drug-likeness (QED) is 0.473. The fourth-order valence-corrected chi connectivity index (χ4v) is 4.62. The second-order valence-electron chi connectivity index (χ2n) is 7.57. The van der Waals surface area contributed by atoms with Crippen LogP contribution in [0.15, 0.2) is 53.6 Å². The van der Waals surface area contributed by atoms with Gasteiger partial charge in [0, 0.05) is 39.9 Å². The van der Waals surface area contributed by atoms with Crippen molar-refractivity contribution >= 4 is 63.1 Å². The number of aromatic nitrogens is 1. The maximum Gasteiger partial charge on any atom is 0.294 e. The molecule has 0 spiro atoms. The lowest BCUT2D eigenvalue weighted by Crippen LogP contribution is -2.36. The molecule has 1 fully saturated rings. The largest absolute Gasteiger partial charge is 0.347 e. The SMILES string of the molecule is CCCn1cc(/C=C2\SC(=O)N(CC(=O)Nc3ccc(C)c(Cl)c3)C2=O)c2ccccc21. The molecule has 0 radical (unpaired) electrons. The molecule has 1 aromatic heterocycles. The molecule has 1 N–H and O–H groups in total. The number of carbonyl (C=O) groups is 3. The minimum atomic E-state index is -0.468. The first kappa shape index (κ1) is 22.2. The van der Waals surface area contributed by atoms with Crippen LogP contribution in [0.4, 0.5) is 10.5 Å². The lowest BCUT2D eigenvalue weighted by atomic mass is 10.1. The number of aryl methyl sites for hydroxylation is 2. The Kier molecular flexibility index (Phi) is 6.39. The summed E-state index contributed by atoms with van der Waals surface area (Å²) < 4.78 is 2.14. The minimum Gasteiger partial charge on any atom is -0.347 e. The first-order valence-electron chi connectivity index (χ1n) is 10.3. The molecule has 0 saturated carbocycles. The zero-order valence-corrected chi connectivity index (χ0v) is 19.3. The molecular formula is C24H22ClN3O3S. The van der Waals surface area contributed by atoms with Gasteiger partial charge in [-0.15, -0.1) is 0 Å². The molecule has 2 heterocycles. The van der Waals surface area contributed by atoms with Gasteiger partial charge in [0.2, 0.25) is 5.91 Å². The molecule has 3 aromatic rings. The highest BCUT2D eigenvalue weighted by molar-refractivity contribution is 8.18. The van der Waals surface area contributed by atoms with Crippen LogP contribution in [0.5, 0.6) is 0 Å². The number of thioether (sulfide) groups is 1. The highest BCUT2D eigenvalue weighted by atomic mass is 35.5. The third-order valence-corrected chi connectivity index (χ3v) is 6.52. The van der Waals surface area contributed by atoms with Crippen molar-refractivity contribution in [2.24, 2.45) is 0 Å². The van der Waals surface area contributed by atoms with Gasteiger partial charge in [-0.3, -0.25) is 19.3 Å². The van der Waals surface area contributed by atoms with E-state index >= 15 is 0 Å². The van der Waals surface area contributed by atoms with Crippen molar-refractivity contribution in [1.29, 1.82) is 0 Å². The van der Waals surface area contributed by atoms with Crippen LogP contribution in [-0.4, -0.2) is 33.1 Å². The van der Waals surface area contributed by atoms with E-state index in [2.05, 4.69) is 16.8 Å². The maximum absolute atomic E-state index is 12.9. The average molecular weight is 468 g/mol. The molecule has 2 aromatic carbocycles. The summed E-state index contributed by atoms with van der Waals surface area (Å²) >= 11 is 6.94. The van der Waals surface area contributed by atoms with E-state index in [1.165, 1.54) is 0 Å². The van der Waals surface area contributed by atoms with Crippen molar-refractivity contribution in [1.82, 2.24) is 9.47 Å². The fourth-order valence-electron chi connectivity index (χ4n) is 3.61. The molecule has 0 atom stereocenters. The van der Waals surface area contributed by atoms with E-state index in [1.807, 2.05) is 37.4 Å². The number of amides is 3. The van der Waals surface area contributed by atoms with Crippen LogP contribution in [0, 0.1) is 6.92 Å². The summed E-state index contributed by atoms with van der Waals surface area (Å²) in [5, 5.41) is 3.76. The Hall–Kier alpha value is -3.03. The van der Waals surface area contributed by atoms with E-state index in [1.54, 1.807) is 24.3 Å². The number of rotatable bonds is 6. The molecule has 0 bridgehead atoms.